The standard InChI is InChI=1S/C23H29N3O3S/c1-15(27)26-9-6-20-19(13-26)21-22(24-14-25-23(21)30-20)29-18-4-2-16(3-5-18)12-17-7-10-28-11-8-17/h12,14,16,18H,2-11,13H2,1H3. The Bertz CT molecular complexity index is 954. The van der Waals surface area contributed by atoms with Gasteiger partial charge in [-0.1, -0.05) is 11.6 Å². The summed E-state index contributed by atoms with van der Waals surface area (Å²) in [6, 6.07) is 0. The van der Waals surface area contributed by atoms with E-state index >= 15 is 0 Å². The van der Waals surface area contributed by atoms with Gasteiger partial charge in [-0.15, -0.1) is 11.3 Å². The van der Waals surface area contributed by atoms with Crippen LogP contribution in [0.5, 0.6) is 5.88 Å². The van der Waals surface area contributed by atoms with Gasteiger partial charge < -0.3 is 14.4 Å². The number of fused-ring (bicyclic) bond motifs is 3. The number of aromatic nitrogens is 2. The summed E-state index contributed by atoms with van der Waals surface area (Å²) < 4.78 is 11.9. The normalized spacial score (nSPS) is 24.6. The van der Waals surface area contributed by atoms with Gasteiger partial charge in [0.05, 0.1) is 18.6 Å². The number of allylic oxidation sites excluding steroid dienone is 1. The summed E-state index contributed by atoms with van der Waals surface area (Å²) in [5, 5.41) is 1.02. The molecule has 1 saturated heterocycles. The van der Waals surface area contributed by atoms with E-state index in [-0.39, 0.29) is 12.0 Å². The fourth-order valence-corrected chi connectivity index (χ4v) is 6.03. The second-order valence-electron chi connectivity index (χ2n) is 8.65. The minimum absolute atomic E-state index is 0.122. The fourth-order valence-electron chi connectivity index (χ4n) is 4.91. The molecule has 0 atom stereocenters. The quantitative estimate of drug-likeness (QED) is 0.685. The highest BCUT2D eigenvalue weighted by molar-refractivity contribution is 7.18. The molecule has 30 heavy (non-hydrogen) atoms. The van der Waals surface area contributed by atoms with Crippen molar-refractivity contribution < 1.29 is 14.3 Å². The van der Waals surface area contributed by atoms with E-state index in [1.54, 1.807) is 30.2 Å². The van der Waals surface area contributed by atoms with Crippen LogP contribution < -0.4 is 4.74 Å². The monoisotopic (exact) mass is 427 g/mol. The van der Waals surface area contributed by atoms with E-state index in [1.165, 1.54) is 23.3 Å². The predicted molar refractivity (Wildman–Crippen MR) is 117 cm³/mol. The lowest BCUT2D eigenvalue weighted by molar-refractivity contribution is -0.129. The molecular weight excluding hydrogens is 398 g/mol. The maximum Gasteiger partial charge on any atom is 0.225 e. The molecule has 0 spiro atoms. The number of nitrogens with zero attached hydrogens (tertiary/aromatic N) is 3. The zero-order valence-corrected chi connectivity index (χ0v) is 18.4. The van der Waals surface area contributed by atoms with Crippen LogP contribution in [-0.4, -0.2) is 46.6 Å². The summed E-state index contributed by atoms with van der Waals surface area (Å²) in [5.41, 5.74) is 2.76. The van der Waals surface area contributed by atoms with Crippen molar-refractivity contribution in [3.05, 3.63) is 28.4 Å². The Morgan fingerprint density at radius 2 is 2.00 bits per heavy atom. The molecule has 1 aliphatic carbocycles. The van der Waals surface area contributed by atoms with Crippen molar-refractivity contribution in [2.45, 2.75) is 64.5 Å². The molecule has 0 radical (unpaired) electrons. The minimum atomic E-state index is 0.122. The van der Waals surface area contributed by atoms with E-state index in [1.807, 2.05) is 4.90 Å². The lowest BCUT2D eigenvalue weighted by atomic mass is 9.85. The van der Waals surface area contributed by atoms with Crippen molar-refractivity contribution >= 4 is 27.5 Å². The van der Waals surface area contributed by atoms with Gasteiger partial charge in [-0.2, -0.15) is 0 Å². The van der Waals surface area contributed by atoms with Crippen LogP contribution >= 0.6 is 11.3 Å². The van der Waals surface area contributed by atoms with E-state index < -0.39 is 0 Å². The molecule has 2 aliphatic heterocycles. The molecule has 2 aromatic rings. The lowest BCUT2D eigenvalue weighted by Crippen LogP contribution is -2.33. The van der Waals surface area contributed by atoms with Gasteiger partial charge in [0.25, 0.3) is 0 Å². The van der Waals surface area contributed by atoms with Gasteiger partial charge >= 0.3 is 0 Å². The van der Waals surface area contributed by atoms with Crippen LogP contribution in [0.15, 0.2) is 18.0 Å². The van der Waals surface area contributed by atoms with E-state index in [2.05, 4.69) is 16.0 Å². The number of rotatable bonds is 3. The second kappa shape index (κ2) is 8.63. The number of hydrogen-bond acceptors (Lipinski definition) is 6. The lowest BCUT2D eigenvalue weighted by Gasteiger charge is -2.29. The van der Waals surface area contributed by atoms with Crippen molar-refractivity contribution in [1.29, 1.82) is 0 Å². The third-order valence-electron chi connectivity index (χ3n) is 6.64. The average molecular weight is 428 g/mol. The van der Waals surface area contributed by atoms with E-state index in [0.29, 0.717) is 18.3 Å². The first-order chi connectivity index (χ1) is 14.7. The zero-order valence-electron chi connectivity index (χ0n) is 17.6. The average Bonchev–Trinajstić information content (AvgIpc) is 3.14. The summed E-state index contributed by atoms with van der Waals surface area (Å²) in [5.74, 6) is 1.49. The highest BCUT2D eigenvalue weighted by Crippen LogP contribution is 2.39. The largest absolute Gasteiger partial charge is 0.474 e. The first-order valence-corrected chi connectivity index (χ1v) is 11.9. The molecular formula is C23H29N3O3S. The van der Waals surface area contributed by atoms with E-state index in [9.17, 15) is 4.79 Å². The smallest absolute Gasteiger partial charge is 0.225 e. The molecule has 7 heteroatoms. The summed E-state index contributed by atoms with van der Waals surface area (Å²) >= 11 is 1.72. The van der Waals surface area contributed by atoms with Crippen LogP contribution in [0.4, 0.5) is 0 Å². The number of amides is 1. The number of carbonyl (C=O) groups is 1. The SMILES string of the molecule is CC(=O)N1CCc2sc3ncnc(OC4CCC(C=C5CCOCC5)CC4)c3c2C1. The zero-order chi connectivity index (χ0) is 20.5. The molecule has 4 heterocycles. The van der Waals surface area contributed by atoms with Crippen molar-refractivity contribution in [3.8, 4) is 5.88 Å². The summed E-state index contributed by atoms with van der Waals surface area (Å²) in [6.07, 6.45) is 11.9. The topological polar surface area (TPSA) is 64.6 Å². The van der Waals surface area contributed by atoms with Gasteiger partial charge in [0.15, 0.2) is 0 Å². The molecule has 3 aliphatic rings. The molecule has 0 unspecified atom stereocenters. The van der Waals surface area contributed by atoms with Crippen molar-refractivity contribution in [3.63, 3.8) is 0 Å². The Balaban J connectivity index is 1.29. The van der Waals surface area contributed by atoms with Gasteiger partial charge in [0.2, 0.25) is 11.8 Å². The third kappa shape index (κ3) is 4.10. The van der Waals surface area contributed by atoms with Gasteiger partial charge in [-0.25, -0.2) is 9.97 Å². The van der Waals surface area contributed by atoms with Crippen LogP contribution in [0.1, 0.15) is 55.9 Å². The summed E-state index contributed by atoms with van der Waals surface area (Å²) in [6.45, 7) is 4.81. The summed E-state index contributed by atoms with van der Waals surface area (Å²) in [7, 11) is 0. The molecule has 6 nitrogen and oxygen atoms in total. The van der Waals surface area contributed by atoms with Crippen molar-refractivity contribution in [2.75, 3.05) is 19.8 Å². The van der Waals surface area contributed by atoms with Gasteiger partial charge in [-0.05, 0) is 50.9 Å². The first-order valence-electron chi connectivity index (χ1n) is 11.1. The maximum absolute atomic E-state index is 11.9. The highest BCUT2D eigenvalue weighted by atomic mass is 32.1. The molecule has 1 amide bonds. The maximum atomic E-state index is 11.9. The van der Waals surface area contributed by atoms with Crippen molar-refractivity contribution in [2.24, 2.45) is 5.92 Å². The second-order valence-corrected chi connectivity index (χ2v) is 9.73. The van der Waals surface area contributed by atoms with E-state index in [4.69, 9.17) is 9.47 Å². The van der Waals surface area contributed by atoms with Gasteiger partial charge in [0, 0.05) is 30.5 Å². The number of thiophene rings is 1. The van der Waals surface area contributed by atoms with Crippen LogP contribution in [0.3, 0.4) is 0 Å². The Kier molecular flexibility index (Phi) is 5.74. The Hall–Kier alpha value is -1.99. The Morgan fingerprint density at radius 3 is 2.77 bits per heavy atom. The molecule has 0 aromatic carbocycles. The van der Waals surface area contributed by atoms with Crippen LogP contribution in [0, 0.1) is 5.92 Å². The third-order valence-corrected chi connectivity index (χ3v) is 7.84. The Labute approximate surface area is 181 Å². The molecule has 2 fully saturated rings. The number of hydrogen-bond donors (Lipinski definition) is 0. The molecule has 0 bridgehead atoms. The fraction of sp³-hybridized carbons (Fsp3) is 0.609. The Morgan fingerprint density at radius 1 is 1.20 bits per heavy atom. The molecule has 1 saturated carbocycles. The summed E-state index contributed by atoms with van der Waals surface area (Å²) in [4.78, 5) is 25.1. The number of carbonyl (C=O) groups excluding carboxylic acids is 1. The van der Waals surface area contributed by atoms with Crippen LogP contribution in [0.2, 0.25) is 0 Å². The highest BCUT2D eigenvalue weighted by Gasteiger charge is 2.28. The molecule has 5 rings (SSSR count). The van der Waals surface area contributed by atoms with Gasteiger partial charge in [-0.3, -0.25) is 4.79 Å². The molecule has 2 aromatic heterocycles. The first kappa shape index (κ1) is 19.9. The molecule has 0 N–H and O–H groups in total. The number of ether oxygens (including phenoxy) is 2. The van der Waals surface area contributed by atoms with Crippen molar-refractivity contribution in [1.82, 2.24) is 14.9 Å². The van der Waals surface area contributed by atoms with Crippen LogP contribution in [-0.2, 0) is 22.5 Å². The predicted octanol–water partition coefficient (Wildman–Crippen LogP) is 4.27. The van der Waals surface area contributed by atoms with Gasteiger partial charge in [0.1, 0.15) is 17.3 Å². The van der Waals surface area contributed by atoms with E-state index in [0.717, 1.165) is 62.1 Å². The minimum Gasteiger partial charge on any atom is -0.474 e. The molecule has 160 valence electrons. The van der Waals surface area contributed by atoms with Crippen LogP contribution in [0.25, 0.3) is 10.2 Å².